The highest BCUT2D eigenvalue weighted by molar-refractivity contribution is 5.47. The van der Waals surface area contributed by atoms with Crippen LogP contribution in [0.2, 0.25) is 0 Å². The molecule has 0 bridgehead atoms. The zero-order chi connectivity index (χ0) is 13.9. The van der Waals surface area contributed by atoms with Crippen LogP contribution in [-0.4, -0.2) is 14.5 Å². The van der Waals surface area contributed by atoms with E-state index in [-0.39, 0.29) is 6.61 Å². The summed E-state index contributed by atoms with van der Waals surface area (Å²) < 4.78 is 7.74. The zero-order valence-electron chi connectivity index (χ0n) is 10.9. The van der Waals surface area contributed by atoms with Crippen LogP contribution >= 0.6 is 0 Å². The summed E-state index contributed by atoms with van der Waals surface area (Å²) in [6, 6.07) is 13.0. The van der Waals surface area contributed by atoms with E-state index in [0.29, 0.717) is 23.7 Å². The van der Waals surface area contributed by atoms with Crippen molar-refractivity contribution in [3.8, 4) is 11.6 Å². The van der Waals surface area contributed by atoms with Crippen molar-refractivity contribution in [1.82, 2.24) is 9.38 Å². The van der Waals surface area contributed by atoms with Crippen molar-refractivity contribution >= 4 is 5.65 Å². The number of aliphatic hydroxyl groups is 1. The van der Waals surface area contributed by atoms with Crippen LogP contribution in [0, 0.1) is 0 Å². The molecule has 0 saturated heterocycles. The van der Waals surface area contributed by atoms with Gasteiger partial charge in [0.1, 0.15) is 17.1 Å². The van der Waals surface area contributed by atoms with Gasteiger partial charge in [0.05, 0.1) is 6.61 Å². The predicted molar refractivity (Wildman–Crippen MR) is 75.5 cm³/mol. The van der Waals surface area contributed by atoms with Gasteiger partial charge in [-0.25, -0.2) is 0 Å². The summed E-state index contributed by atoms with van der Waals surface area (Å²) in [7, 11) is 0. The van der Waals surface area contributed by atoms with Crippen molar-refractivity contribution in [3.63, 3.8) is 0 Å². The second-order valence-corrected chi connectivity index (χ2v) is 4.36. The maximum atomic E-state index is 9.33. The van der Waals surface area contributed by atoms with E-state index in [9.17, 15) is 5.11 Å². The van der Waals surface area contributed by atoms with Gasteiger partial charge in [0.25, 0.3) is 0 Å². The average molecular weight is 269 g/mol. The summed E-state index contributed by atoms with van der Waals surface area (Å²) in [5.74, 6) is 1.06. The molecule has 2 aromatic heterocycles. The summed E-state index contributed by atoms with van der Waals surface area (Å²) in [5, 5.41) is 9.33. The number of aromatic nitrogens is 2. The number of nitrogens with two attached hydrogens (primary N) is 1. The molecule has 5 heteroatoms. The number of para-hydroxylation sites is 1. The fourth-order valence-electron chi connectivity index (χ4n) is 2.13. The molecule has 3 aromatic rings. The minimum atomic E-state index is -0.0818. The van der Waals surface area contributed by atoms with Gasteiger partial charge in [-0.1, -0.05) is 24.3 Å². The molecule has 3 rings (SSSR count). The number of ether oxygens (including phenoxy) is 1. The van der Waals surface area contributed by atoms with E-state index in [1.165, 1.54) is 0 Å². The second-order valence-electron chi connectivity index (χ2n) is 4.36. The van der Waals surface area contributed by atoms with Crippen LogP contribution in [0.1, 0.15) is 11.3 Å². The normalized spacial score (nSPS) is 10.9. The van der Waals surface area contributed by atoms with E-state index in [1.807, 2.05) is 47.0 Å². The first-order valence-electron chi connectivity index (χ1n) is 6.36. The molecule has 0 aliphatic carbocycles. The van der Waals surface area contributed by atoms with E-state index >= 15 is 0 Å². The summed E-state index contributed by atoms with van der Waals surface area (Å²) in [6.07, 6.45) is 1.90. The maximum absolute atomic E-state index is 9.33. The number of hydrogen-bond donors (Lipinski definition) is 2. The van der Waals surface area contributed by atoms with Gasteiger partial charge in [-0.2, -0.15) is 4.98 Å². The van der Waals surface area contributed by atoms with Crippen LogP contribution < -0.4 is 10.5 Å². The summed E-state index contributed by atoms with van der Waals surface area (Å²) in [4.78, 5) is 4.43. The van der Waals surface area contributed by atoms with Crippen LogP contribution in [0.5, 0.6) is 11.6 Å². The van der Waals surface area contributed by atoms with E-state index in [1.54, 1.807) is 6.07 Å². The molecule has 0 aliphatic heterocycles. The lowest BCUT2D eigenvalue weighted by atomic mass is 10.2. The zero-order valence-corrected chi connectivity index (χ0v) is 10.9. The molecule has 2 heterocycles. The monoisotopic (exact) mass is 269 g/mol. The third-order valence-corrected chi connectivity index (χ3v) is 3.14. The summed E-state index contributed by atoms with van der Waals surface area (Å²) in [6.45, 7) is 0.239. The lowest BCUT2D eigenvalue weighted by molar-refractivity contribution is 0.276. The Labute approximate surface area is 116 Å². The molecule has 0 radical (unpaired) electrons. The number of hydrogen-bond acceptors (Lipinski definition) is 4. The fourth-order valence-corrected chi connectivity index (χ4v) is 2.13. The number of rotatable bonds is 4. The molecule has 0 unspecified atom stereocenters. The molecule has 20 heavy (non-hydrogen) atoms. The van der Waals surface area contributed by atoms with Gasteiger partial charge in [-0.3, -0.25) is 4.40 Å². The molecular weight excluding hydrogens is 254 g/mol. The maximum Gasteiger partial charge on any atom is 0.242 e. The molecule has 5 nitrogen and oxygen atoms in total. The van der Waals surface area contributed by atoms with Crippen molar-refractivity contribution in [2.75, 3.05) is 0 Å². The van der Waals surface area contributed by atoms with Gasteiger partial charge < -0.3 is 15.6 Å². The van der Waals surface area contributed by atoms with Crippen molar-refractivity contribution < 1.29 is 9.84 Å². The molecule has 0 saturated carbocycles. The fraction of sp³-hybridized carbons (Fsp3) is 0.133. The Morgan fingerprint density at radius 2 is 1.95 bits per heavy atom. The molecule has 0 spiro atoms. The third kappa shape index (κ3) is 2.13. The van der Waals surface area contributed by atoms with E-state index in [4.69, 9.17) is 10.5 Å². The minimum Gasteiger partial charge on any atom is -0.437 e. The summed E-state index contributed by atoms with van der Waals surface area (Å²) >= 11 is 0. The topological polar surface area (TPSA) is 72.8 Å². The van der Waals surface area contributed by atoms with Crippen LogP contribution in [-0.2, 0) is 13.2 Å². The third-order valence-electron chi connectivity index (χ3n) is 3.14. The van der Waals surface area contributed by atoms with Gasteiger partial charge >= 0.3 is 0 Å². The highest BCUT2D eigenvalue weighted by atomic mass is 16.5. The van der Waals surface area contributed by atoms with Crippen molar-refractivity contribution in [3.05, 3.63) is 59.9 Å². The molecule has 0 aliphatic rings. The molecule has 0 fully saturated rings. The van der Waals surface area contributed by atoms with Gasteiger partial charge in [0, 0.05) is 18.3 Å². The molecular formula is C15H15N3O2. The van der Waals surface area contributed by atoms with Crippen LogP contribution in [0.4, 0.5) is 0 Å². The number of imidazole rings is 1. The van der Waals surface area contributed by atoms with E-state index in [0.717, 1.165) is 11.3 Å². The SMILES string of the molecule is NCc1c(Oc2ccccc2CO)nc2ccccn12. The first-order chi connectivity index (χ1) is 9.83. The molecule has 0 amide bonds. The Hall–Kier alpha value is -2.37. The highest BCUT2D eigenvalue weighted by Gasteiger charge is 2.13. The van der Waals surface area contributed by atoms with E-state index < -0.39 is 0 Å². The van der Waals surface area contributed by atoms with Crippen LogP contribution in [0.25, 0.3) is 5.65 Å². The van der Waals surface area contributed by atoms with Gasteiger partial charge in [-0.05, 0) is 18.2 Å². The largest absolute Gasteiger partial charge is 0.437 e. The van der Waals surface area contributed by atoms with Crippen molar-refractivity contribution in [1.29, 1.82) is 0 Å². The quantitative estimate of drug-likeness (QED) is 0.760. The Balaban J connectivity index is 2.06. The number of benzene rings is 1. The van der Waals surface area contributed by atoms with Crippen LogP contribution in [0.15, 0.2) is 48.7 Å². The standard InChI is InChI=1S/C15H15N3O2/c16-9-12-15(17-14-7-3-4-8-18(12)14)20-13-6-2-1-5-11(13)10-19/h1-8,19H,9-10,16H2. The van der Waals surface area contributed by atoms with Crippen LogP contribution in [0.3, 0.4) is 0 Å². The summed E-state index contributed by atoms with van der Waals surface area (Å²) in [5.41, 5.74) is 8.09. The Bertz CT molecular complexity index is 737. The number of aliphatic hydroxyl groups excluding tert-OH is 1. The molecule has 3 N–H and O–H groups in total. The average Bonchev–Trinajstić information content (AvgIpc) is 2.85. The Morgan fingerprint density at radius 3 is 2.75 bits per heavy atom. The molecule has 0 atom stereocenters. The van der Waals surface area contributed by atoms with Gasteiger partial charge in [0.2, 0.25) is 5.88 Å². The van der Waals surface area contributed by atoms with E-state index in [2.05, 4.69) is 4.98 Å². The second kappa shape index (κ2) is 5.32. The lowest BCUT2D eigenvalue weighted by Gasteiger charge is -2.08. The first-order valence-corrected chi connectivity index (χ1v) is 6.36. The Kier molecular flexibility index (Phi) is 3.37. The predicted octanol–water partition coefficient (Wildman–Crippen LogP) is 2.08. The molecule has 102 valence electrons. The van der Waals surface area contributed by atoms with Gasteiger partial charge in [0.15, 0.2) is 0 Å². The van der Waals surface area contributed by atoms with Gasteiger partial charge in [-0.15, -0.1) is 0 Å². The lowest BCUT2D eigenvalue weighted by Crippen LogP contribution is -2.03. The first kappa shape index (κ1) is 12.7. The Morgan fingerprint density at radius 1 is 1.15 bits per heavy atom. The number of nitrogens with zero attached hydrogens (tertiary/aromatic N) is 2. The van der Waals surface area contributed by atoms with Crippen molar-refractivity contribution in [2.24, 2.45) is 5.73 Å². The number of pyridine rings is 1. The molecule has 1 aromatic carbocycles. The van der Waals surface area contributed by atoms with Crippen molar-refractivity contribution in [2.45, 2.75) is 13.2 Å². The highest BCUT2D eigenvalue weighted by Crippen LogP contribution is 2.28. The minimum absolute atomic E-state index is 0.0818. The smallest absolute Gasteiger partial charge is 0.242 e. The number of fused-ring (bicyclic) bond motifs is 1.